The minimum atomic E-state index is 0.0841. The van der Waals surface area contributed by atoms with E-state index in [9.17, 15) is 4.79 Å². The van der Waals surface area contributed by atoms with E-state index in [1.807, 2.05) is 29.0 Å². The normalized spacial score (nSPS) is 16.6. The lowest BCUT2D eigenvalue weighted by molar-refractivity contribution is 0.323. The molecule has 1 aromatic heterocycles. The number of hydrogen-bond donors (Lipinski definition) is 0. The quantitative estimate of drug-likeness (QED) is 0.808. The number of benzene rings is 1. The molecular weight excluding hydrogens is 270 g/mol. The molecule has 1 aromatic carbocycles. The van der Waals surface area contributed by atoms with Crippen molar-refractivity contribution in [2.75, 3.05) is 0 Å². The predicted molar refractivity (Wildman–Crippen MR) is 84.4 cm³/mol. The summed E-state index contributed by atoms with van der Waals surface area (Å²) >= 11 is 5.99. The third-order valence-corrected chi connectivity index (χ3v) is 4.68. The maximum atomic E-state index is 12.5. The Labute approximate surface area is 124 Å². The Kier molecular flexibility index (Phi) is 4.11. The number of nitrogens with zero attached hydrogens (tertiary/aromatic N) is 1. The van der Waals surface area contributed by atoms with Crippen molar-refractivity contribution in [1.29, 1.82) is 0 Å². The number of hydrogen-bond acceptors (Lipinski definition) is 1. The van der Waals surface area contributed by atoms with Crippen LogP contribution in [0.15, 0.2) is 35.3 Å². The predicted octanol–water partition coefficient (Wildman–Crippen LogP) is 4.63. The average Bonchev–Trinajstić information content (AvgIpc) is 2.48. The largest absolute Gasteiger partial charge is 0.315 e. The third kappa shape index (κ3) is 2.90. The number of halogens is 1. The van der Waals surface area contributed by atoms with E-state index in [4.69, 9.17) is 11.6 Å². The molecule has 1 heterocycles. The van der Waals surface area contributed by atoms with Gasteiger partial charge in [0, 0.05) is 23.2 Å². The van der Waals surface area contributed by atoms with E-state index in [-0.39, 0.29) is 5.56 Å². The Morgan fingerprint density at radius 1 is 1.15 bits per heavy atom. The topological polar surface area (TPSA) is 22.0 Å². The zero-order valence-electron chi connectivity index (χ0n) is 11.6. The summed E-state index contributed by atoms with van der Waals surface area (Å²) in [6.45, 7) is 0.825. The molecule has 106 valence electrons. The molecule has 1 aliphatic carbocycles. The lowest BCUT2D eigenvalue weighted by atomic mass is 9.87. The summed E-state index contributed by atoms with van der Waals surface area (Å²) in [4.78, 5) is 12.5. The molecule has 1 saturated carbocycles. The first-order valence-electron chi connectivity index (χ1n) is 7.53. The zero-order chi connectivity index (χ0) is 13.9. The molecule has 0 saturated heterocycles. The van der Waals surface area contributed by atoms with Gasteiger partial charge in [-0.2, -0.15) is 0 Å². The first-order valence-corrected chi connectivity index (χ1v) is 7.90. The van der Waals surface area contributed by atoms with Crippen molar-refractivity contribution >= 4 is 22.4 Å². The summed E-state index contributed by atoms with van der Waals surface area (Å²) in [5.41, 5.74) is 0.0841. The van der Waals surface area contributed by atoms with Crippen LogP contribution in [0.3, 0.4) is 0 Å². The number of aromatic nitrogens is 1. The van der Waals surface area contributed by atoms with Crippen LogP contribution in [0.25, 0.3) is 10.8 Å². The number of pyridine rings is 1. The van der Waals surface area contributed by atoms with Crippen LogP contribution < -0.4 is 5.56 Å². The van der Waals surface area contributed by atoms with Crippen LogP contribution >= 0.6 is 11.6 Å². The first-order chi connectivity index (χ1) is 9.74. The third-order valence-electron chi connectivity index (χ3n) is 4.44. The molecule has 0 N–H and O–H groups in total. The highest BCUT2D eigenvalue weighted by molar-refractivity contribution is 6.31. The lowest BCUT2D eigenvalue weighted by Gasteiger charge is -2.21. The van der Waals surface area contributed by atoms with Crippen molar-refractivity contribution in [3.8, 4) is 0 Å². The highest BCUT2D eigenvalue weighted by atomic mass is 35.5. The van der Waals surface area contributed by atoms with E-state index in [2.05, 4.69) is 0 Å². The standard InChI is InChI=1S/C17H20ClNO/c18-15-7-6-14-9-11-19(17(20)16(14)12-15)10-8-13-4-2-1-3-5-13/h6-7,9,11-13H,1-5,8,10H2. The molecule has 3 heteroatoms. The van der Waals surface area contributed by atoms with Gasteiger partial charge in [0.15, 0.2) is 0 Å². The van der Waals surface area contributed by atoms with Crippen molar-refractivity contribution in [2.24, 2.45) is 5.92 Å². The molecule has 0 bridgehead atoms. The highest BCUT2D eigenvalue weighted by Crippen LogP contribution is 2.26. The van der Waals surface area contributed by atoms with Crippen molar-refractivity contribution in [3.63, 3.8) is 0 Å². The maximum absolute atomic E-state index is 12.5. The van der Waals surface area contributed by atoms with Crippen LogP contribution in [0.1, 0.15) is 38.5 Å². The van der Waals surface area contributed by atoms with Gasteiger partial charge in [-0.25, -0.2) is 0 Å². The molecule has 0 unspecified atom stereocenters. The molecule has 0 atom stereocenters. The summed E-state index contributed by atoms with van der Waals surface area (Å²) in [6.07, 6.45) is 9.78. The minimum absolute atomic E-state index is 0.0841. The van der Waals surface area contributed by atoms with Crippen molar-refractivity contribution < 1.29 is 0 Å². The zero-order valence-corrected chi connectivity index (χ0v) is 12.4. The van der Waals surface area contributed by atoms with Crippen LogP contribution in [-0.2, 0) is 6.54 Å². The van der Waals surface area contributed by atoms with Gasteiger partial charge in [-0.05, 0) is 35.9 Å². The Bertz CT molecular complexity index is 656. The molecule has 0 spiro atoms. The van der Waals surface area contributed by atoms with E-state index >= 15 is 0 Å². The Morgan fingerprint density at radius 3 is 2.75 bits per heavy atom. The SMILES string of the molecule is O=c1c2cc(Cl)ccc2ccn1CCC1CCCCC1. The second-order valence-corrected chi connectivity index (χ2v) is 6.28. The molecule has 0 amide bonds. The van der Waals surface area contributed by atoms with Gasteiger partial charge in [0.1, 0.15) is 0 Å². The Morgan fingerprint density at radius 2 is 1.95 bits per heavy atom. The van der Waals surface area contributed by atoms with Crippen LogP contribution in [-0.4, -0.2) is 4.57 Å². The molecule has 1 fully saturated rings. The smallest absolute Gasteiger partial charge is 0.258 e. The van der Waals surface area contributed by atoms with Gasteiger partial charge in [0.25, 0.3) is 5.56 Å². The summed E-state index contributed by atoms with van der Waals surface area (Å²) in [5.74, 6) is 0.797. The Balaban J connectivity index is 1.81. The molecule has 2 aromatic rings. The lowest BCUT2D eigenvalue weighted by Crippen LogP contribution is -2.21. The molecule has 2 nitrogen and oxygen atoms in total. The van der Waals surface area contributed by atoms with Crippen molar-refractivity contribution in [3.05, 3.63) is 45.8 Å². The molecule has 3 rings (SSSR count). The van der Waals surface area contributed by atoms with Gasteiger partial charge in [-0.3, -0.25) is 4.79 Å². The summed E-state index contributed by atoms with van der Waals surface area (Å²) in [7, 11) is 0. The van der Waals surface area contributed by atoms with E-state index in [1.54, 1.807) is 6.07 Å². The van der Waals surface area contributed by atoms with Gasteiger partial charge in [-0.1, -0.05) is 49.8 Å². The van der Waals surface area contributed by atoms with E-state index in [0.29, 0.717) is 5.02 Å². The second kappa shape index (κ2) is 6.01. The fourth-order valence-electron chi connectivity index (χ4n) is 3.23. The highest BCUT2D eigenvalue weighted by Gasteiger charge is 2.13. The van der Waals surface area contributed by atoms with Crippen molar-refractivity contribution in [1.82, 2.24) is 4.57 Å². The van der Waals surface area contributed by atoms with Crippen LogP contribution in [0, 0.1) is 5.92 Å². The molecule has 0 aliphatic heterocycles. The monoisotopic (exact) mass is 289 g/mol. The van der Waals surface area contributed by atoms with E-state index in [1.165, 1.54) is 32.1 Å². The maximum Gasteiger partial charge on any atom is 0.258 e. The average molecular weight is 290 g/mol. The Hall–Kier alpha value is -1.28. The van der Waals surface area contributed by atoms with Gasteiger partial charge in [0.05, 0.1) is 0 Å². The number of fused-ring (bicyclic) bond motifs is 1. The van der Waals surface area contributed by atoms with Gasteiger partial charge < -0.3 is 4.57 Å². The molecule has 1 aliphatic rings. The van der Waals surface area contributed by atoms with E-state index in [0.717, 1.165) is 29.7 Å². The molecule has 0 radical (unpaired) electrons. The van der Waals surface area contributed by atoms with Crippen LogP contribution in [0.5, 0.6) is 0 Å². The van der Waals surface area contributed by atoms with Crippen LogP contribution in [0.4, 0.5) is 0 Å². The van der Waals surface area contributed by atoms with Gasteiger partial charge in [-0.15, -0.1) is 0 Å². The van der Waals surface area contributed by atoms with Gasteiger partial charge in [0.2, 0.25) is 0 Å². The van der Waals surface area contributed by atoms with Crippen LogP contribution in [0.2, 0.25) is 5.02 Å². The second-order valence-electron chi connectivity index (χ2n) is 5.84. The van der Waals surface area contributed by atoms with E-state index < -0.39 is 0 Å². The minimum Gasteiger partial charge on any atom is -0.315 e. The fraction of sp³-hybridized carbons (Fsp3) is 0.471. The van der Waals surface area contributed by atoms with Gasteiger partial charge >= 0.3 is 0 Å². The fourth-order valence-corrected chi connectivity index (χ4v) is 3.40. The summed E-state index contributed by atoms with van der Waals surface area (Å²) in [6, 6.07) is 7.52. The number of aryl methyl sites for hydroxylation is 1. The number of rotatable bonds is 3. The molecule has 20 heavy (non-hydrogen) atoms. The van der Waals surface area contributed by atoms with Crippen molar-refractivity contribution in [2.45, 2.75) is 45.1 Å². The summed E-state index contributed by atoms with van der Waals surface area (Å²) < 4.78 is 1.84. The first kappa shape index (κ1) is 13.7. The molecular formula is C17H20ClNO. The summed E-state index contributed by atoms with van der Waals surface area (Å²) in [5, 5.41) is 2.32.